The van der Waals surface area contributed by atoms with Gasteiger partial charge >= 0.3 is 0 Å². The van der Waals surface area contributed by atoms with Gasteiger partial charge in [-0.25, -0.2) is 0 Å². The van der Waals surface area contributed by atoms with E-state index in [-0.39, 0.29) is 5.41 Å². The standard InChI is InChI=1S/C25H26N4O/c1-29(2)20-12-10-19(11-13-20)25(18-6-4-3-5-7-18)15-14-21-22(16-25)26-27-24(21)23(28-30)17-8-9-17/h3-7,10-15,17,30H,8-9,16H2,1-2H3,(H,26,27)/b28-23+. The molecule has 2 aliphatic rings. The van der Waals surface area contributed by atoms with E-state index in [2.05, 4.69) is 101 Å². The second-order valence-electron chi connectivity index (χ2n) is 8.51. The lowest BCUT2D eigenvalue weighted by Crippen LogP contribution is -2.30. The number of H-pyrrole nitrogens is 1. The number of nitrogens with one attached hydrogen (secondary N) is 1. The van der Waals surface area contributed by atoms with Crippen molar-refractivity contribution in [2.45, 2.75) is 24.7 Å². The maximum atomic E-state index is 9.55. The van der Waals surface area contributed by atoms with Gasteiger partial charge in [0, 0.05) is 48.8 Å². The molecule has 30 heavy (non-hydrogen) atoms. The van der Waals surface area contributed by atoms with Crippen LogP contribution in [0.25, 0.3) is 6.08 Å². The largest absolute Gasteiger partial charge is 0.411 e. The molecule has 1 atom stereocenters. The van der Waals surface area contributed by atoms with Crippen LogP contribution in [0.15, 0.2) is 65.8 Å². The maximum Gasteiger partial charge on any atom is 0.117 e. The molecule has 0 radical (unpaired) electrons. The number of aromatic nitrogens is 2. The predicted octanol–water partition coefficient (Wildman–Crippen LogP) is 4.62. The third-order valence-corrected chi connectivity index (χ3v) is 6.38. The highest BCUT2D eigenvalue weighted by molar-refractivity contribution is 6.04. The molecule has 3 aromatic rings. The van der Waals surface area contributed by atoms with E-state index in [0.717, 1.165) is 36.2 Å². The molecule has 5 rings (SSSR count). The lowest BCUT2D eigenvalue weighted by Gasteiger charge is -2.34. The minimum Gasteiger partial charge on any atom is -0.411 e. The Balaban J connectivity index is 1.61. The molecule has 5 nitrogen and oxygen atoms in total. The van der Waals surface area contributed by atoms with Gasteiger partial charge in [-0.1, -0.05) is 59.8 Å². The first-order valence-corrected chi connectivity index (χ1v) is 10.4. The lowest BCUT2D eigenvalue weighted by molar-refractivity contribution is 0.317. The summed E-state index contributed by atoms with van der Waals surface area (Å²) in [5.41, 5.74) is 7.02. The fraction of sp³-hybridized carbons (Fsp3) is 0.280. The van der Waals surface area contributed by atoms with Crippen molar-refractivity contribution >= 4 is 17.5 Å². The Morgan fingerprint density at radius 2 is 1.77 bits per heavy atom. The van der Waals surface area contributed by atoms with Gasteiger partial charge in [-0.05, 0) is 36.1 Å². The van der Waals surface area contributed by atoms with Gasteiger partial charge in [0.1, 0.15) is 11.4 Å². The van der Waals surface area contributed by atoms with Crippen molar-refractivity contribution in [2.24, 2.45) is 11.1 Å². The summed E-state index contributed by atoms with van der Waals surface area (Å²) in [6, 6.07) is 19.4. The Kier molecular flexibility index (Phi) is 4.46. The number of nitrogens with zero attached hydrogens (tertiary/aromatic N) is 3. The fourth-order valence-electron chi connectivity index (χ4n) is 4.49. The number of rotatable bonds is 5. The van der Waals surface area contributed by atoms with Gasteiger partial charge in [-0.2, -0.15) is 5.10 Å². The normalized spacial score (nSPS) is 20.8. The number of aromatic amines is 1. The zero-order valence-electron chi connectivity index (χ0n) is 17.3. The second-order valence-corrected chi connectivity index (χ2v) is 8.51. The van der Waals surface area contributed by atoms with Crippen LogP contribution in [0, 0.1) is 5.92 Å². The van der Waals surface area contributed by atoms with Crippen LogP contribution in [0.1, 0.15) is 40.9 Å². The monoisotopic (exact) mass is 398 g/mol. The molecule has 2 aromatic carbocycles. The van der Waals surface area contributed by atoms with Crippen LogP contribution in [-0.4, -0.2) is 35.2 Å². The van der Waals surface area contributed by atoms with E-state index in [1.165, 1.54) is 16.8 Å². The van der Waals surface area contributed by atoms with Gasteiger partial charge in [0.25, 0.3) is 0 Å². The van der Waals surface area contributed by atoms with Crippen LogP contribution in [-0.2, 0) is 11.8 Å². The van der Waals surface area contributed by atoms with E-state index in [0.29, 0.717) is 11.6 Å². The summed E-state index contributed by atoms with van der Waals surface area (Å²) >= 11 is 0. The number of allylic oxidation sites excluding steroid dienone is 1. The highest BCUT2D eigenvalue weighted by Gasteiger charge is 2.38. The number of hydrogen-bond donors (Lipinski definition) is 2. The molecule has 0 bridgehead atoms. The Labute approximate surface area is 176 Å². The molecule has 0 amide bonds. The molecule has 1 saturated carbocycles. The molecule has 1 heterocycles. The van der Waals surface area contributed by atoms with E-state index < -0.39 is 0 Å². The van der Waals surface area contributed by atoms with Gasteiger partial charge in [0.05, 0.1) is 0 Å². The number of fused-ring (bicyclic) bond motifs is 1. The zero-order chi connectivity index (χ0) is 20.7. The summed E-state index contributed by atoms with van der Waals surface area (Å²) in [7, 11) is 4.11. The number of hydrogen-bond acceptors (Lipinski definition) is 4. The molecule has 5 heteroatoms. The molecule has 1 aromatic heterocycles. The number of benzene rings is 2. The second kappa shape index (κ2) is 7.17. The quantitative estimate of drug-likeness (QED) is 0.374. The smallest absolute Gasteiger partial charge is 0.117 e. The molecule has 0 saturated heterocycles. The van der Waals surface area contributed by atoms with Crippen LogP contribution in [0.3, 0.4) is 0 Å². The average molecular weight is 399 g/mol. The molecule has 0 aliphatic heterocycles. The summed E-state index contributed by atoms with van der Waals surface area (Å²) in [5.74, 6) is 0.329. The van der Waals surface area contributed by atoms with Crippen LogP contribution >= 0.6 is 0 Å². The summed E-state index contributed by atoms with van der Waals surface area (Å²) in [5, 5.41) is 20.9. The number of anilines is 1. The SMILES string of the molecule is CN(C)c1ccc(C2(c3ccccc3)C=Cc3c(/C(=N/O)C4CC4)n[nH]c3C2)cc1. The van der Waals surface area contributed by atoms with Crippen LogP contribution < -0.4 is 4.90 Å². The van der Waals surface area contributed by atoms with E-state index in [4.69, 9.17) is 0 Å². The highest BCUT2D eigenvalue weighted by atomic mass is 16.4. The summed E-state index contributed by atoms with van der Waals surface area (Å²) in [6.07, 6.45) is 7.35. The summed E-state index contributed by atoms with van der Waals surface area (Å²) in [6.45, 7) is 0. The van der Waals surface area contributed by atoms with Crippen molar-refractivity contribution < 1.29 is 5.21 Å². The minimum absolute atomic E-state index is 0.279. The van der Waals surface area contributed by atoms with Crippen molar-refractivity contribution in [3.63, 3.8) is 0 Å². The van der Waals surface area contributed by atoms with Crippen LogP contribution in [0.5, 0.6) is 0 Å². The van der Waals surface area contributed by atoms with Crippen molar-refractivity contribution in [3.05, 3.63) is 88.8 Å². The van der Waals surface area contributed by atoms with E-state index in [1.807, 2.05) is 0 Å². The Hall–Kier alpha value is -3.34. The fourth-order valence-corrected chi connectivity index (χ4v) is 4.49. The topological polar surface area (TPSA) is 64.5 Å². The third-order valence-electron chi connectivity index (χ3n) is 6.38. The van der Waals surface area contributed by atoms with Crippen molar-refractivity contribution in [1.29, 1.82) is 0 Å². The van der Waals surface area contributed by atoms with Gasteiger partial charge in [-0.3, -0.25) is 5.10 Å². The van der Waals surface area contributed by atoms with Crippen LogP contribution in [0.2, 0.25) is 0 Å². The van der Waals surface area contributed by atoms with Crippen molar-refractivity contribution in [3.8, 4) is 0 Å². The van der Waals surface area contributed by atoms with Gasteiger partial charge in [0.2, 0.25) is 0 Å². The summed E-state index contributed by atoms with van der Waals surface area (Å²) < 4.78 is 0. The Morgan fingerprint density at radius 3 is 2.40 bits per heavy atom. The van der Waals surface area contributed by atoms with E-state index in [1.54, 1.807) is 0 Å². The first-order valence-electron chi connectivity index (χ1n) is 10.4. The molecule has 1 unspecified atom stereocenters. The van der Waals surface area contributed by atoms with E-state index in [9.17, 15) is 5.21 Å². The van der Waals surface area contributed by atoms with Crippen LogP contribution in [0.4, 0.5) is 5.69 Å². The Bertz CT molecular complexity index is 1110. The van der Waals surface area contributed by atoms with E-state index >= 15 is 0 Å². The first kappa shape index (κ1) is 18.7. The molecular formula is C25H26N4O. The lowest BCUT2D eigenvalue weighted by atomic mass is 9.68. The third kappa shape index (κ3) is 3.02. The van der Waals surface area contributed by atoms with Gasteiger partial charge in [0.15, 0.2) is 0 Å². The average Bonchev–Trinajstić information content (AvgIpc) is 3.54. The molecule has 152 valence electrons. The van der Waals surface area contributed by atoms with Gasteiger partial charge < -0.3 is 10.1 Å². The molecule has 0 spiro atoms. The van der Waals surface area contributed by atoms with Crippen molar-refractivity contribution in [2.75, 3.05) is 19.0 Å². The maximum absolute atomic E-state index is 9.55. The molecule has 1 fully saturated rings. The molecule has 2 aliphatic carbocycles. The highest BCUT2D eigenvalue weighted by Crippen LogP contribution is 2.43. The Morgan fingerprint density at radius 1 is 1.07 bits per heavy atom. The molecular weight excluding hydrogens is 372 g/mol. The zero-order valence-corrected chi connectivity index (χ0v) is 17.3. The first-order chi connectivity index (χ1) is 14.6. The summed E-state index contributed by atoms with van der Waals surface area (Å²) in [4.78, 5) is 2.11. The van der Waals surface area contributed by atoms with Crippen molar-refractivity contribution in [1.82, 2.24) is 10.2 Å². The predicted molar refractivity (Wildman–Crippen MR) is 120 cm³/mol. The molecule has 2 N–H and O–H groups in total. The number of oxime groups is 1. The minimum atomic E-state index is -0.279. The van der Waals surface area contributed by atoms with Gasteiger partial charge in [-0.15, -0.1) is 0 Å².